The van der Waals surface area contributed by atoms with E-state index in [4.69, 9.17) is 14.2 Å². The van der Waals surface area contributed by atoms with Crippen LogP contribution < -0.4 is 10.6 Å². The predicted molar refractivity (Wildman–Crippen MR) is 130 cm³/mol. The van der Waals surface area contributed by atoms with Gasteiger partial charge < -0.3 is 30.0 Å². The highest BCUT2D eigenvalue weighted by molar-refractivity contribution is 6.01. The highest BCUT2D eigenvalue weighted by Gasteiger charge is 2.43. The molecule has 196 valence electrons. The van der Waals surface area contributed by atoms with Gasteiger partial charge in [0.2, 0.25) is 6.41 Å². The number of aromatic hydroxyl groups is 1. The molecule has 3 rings (SSSR count). The summed E-state index contributed by atoms with van der Waals surface area (Å²) in [6.45, 7) is 4.59. The Hall–Kier alpha value is -4.41. The van der Waals surface area contributed by atoms with Crippen LogP contribution >= 0.6 is 0 Å². The molecule has 1 aliphatic rings. The van der Waals surface area contributed by atoms with Crippen LogP contribution in [0.5, 0.6) is 5.75 Å². The summed E-state index contributed by atoms with van der Waals surface area (Å²) in [5.74, 6) is -4.69. The summed E-state index contributed by atoms with van der Waals surface area (Å²) >= 11 is 0. The second kappa shape index (κ2) is 12.0. The van der Waals surface area contributed by atoms with Crippen LogP contribution in [0, 0.1) is 5.92 Å². The minimum Gasteiger partial charge on any atom is -0.505 e. The van der Waals surface area contributed by atoms with E-state index in [1.807, 2.05) is 0 Å². The average Bonchev–Trinajstić information content (AvgIpc) is 2.90. The predicted octanol–water partition coefficient (Wildman–Crippen LogP) is 2.19. The van der Waals surface area contributed by atoms with Gasteiger partial charge in [-0.05, 0) is 44.5 Å². The second-order valence-electron chi connectivity index (χ2n) is 8.45. The minimum atomic E-state index is -1.44. The van der Waals surface area contributed by atoms with Crippen molar-refractivity contribution in [2.45, 2.75) is 51.5 Å². The molecular formula is C26H28N2O9. The first-order chi connectivity index (χ1) is 17.7. The van der Waals surface area contributed by atoms with Crippen LogP contribution in [-0.2, 0) is 28.6 Å². The van der Waals surface area contributed by atoms with Crippen molar-refractivity contribution in [1.29, 1.82) is 0 Å². The van der Waals surface area contributed by atoms with E-state index in [-0.39, 0.29) is 23.2 Å². The van der Waals surface area contributed by atoms with Gasteiger partial charge in [-0.1, -0.05) is 31.2 Å². The Morgan fingerprint density at radius 3 is 2.32 bits per heavy atom. The maximum atomic E-state index is 13.1. The van der Waals surface area contributed by atoms with Gasteiger partial charge in [0.25, 0.3) is 5.91 Å². The number of carbonyl (C=O) groups excluding carboxylic acids is 5. The Bertz CT molecular complexity index is 1170. The van der Waals surface area contributed by atoms with Gasteiger partial charge >= 0.3 is 17.9 Å². The van der Waals surface area contributed by atoms with Crippen molar-refractivity contribution in [3.05, 3.63) is 59.7 Å². The quantitative estimate of drug-likeness (QED) is 0.219. The Labute approximate surface area is 213 Å². The zero-order chi connectivity index (χ0) is 27.1. The average molecular weight is 513 g/mol. The maximum absolute atomic E-state index is 13.1. The molecule has 2 aromatic rings. The fourth-order valence-corrected chi connectivity index (χ4v) is 3.96. The van der Waals surface area contributed by atoms with Crippen LogP contribution in [0.25, 0.3) is 0 Å². The van der Waals surface area contributed by atoms with E-state index < -0.39 is 59.8 Å². The molecule has 1 aliphatic heterocycles. The number of amides is 2. The van der Waals surface area contributed by atoms with Crippen LogP contribution in [0.2, 0.25) is 0 Å². The molecule has 3 N–H and O–H groups in total. The van der Waals surface area contributed by atoms with Gasteiger partial charge in [-0.2, -0.15) is 0 Å². The lowest BCUT2D eigenvalue weighted by molar-refractivity contribution is -0.160. The third kappa shape index (κ3) is 6.24. The molecule has 1 fully saturated rings. The van der Waals surface area contributed by atoms with Crippen LogP contribution in [0.3, 0.4) is 0 Å². The van der Waals surface area contributed by atoms with E-state index in [9.17, 15) is 29.1 Å². The molecule has 37 heavy (non-hydrogen) atoms. The Morgan fingerprint density at radius 1 is 1.00 bits per heavy atom. The molecule has 0 aliphatic carbocycles. The van der Waals surface area contributed by atoms with Gasteiger partial charge in [-0.15, -0.1) is 0 Å². The summed E-state index contributed by atoms with van der Waals surface area (Å²) in [6.07, 6.45) is -2.81. The standard InChI is InChI=1S/C26H28N2O9/c1-4-17-22(37-24(32)16-9-6-5-7-10-16)15(3)36-26(34)20(14(2)35-25(17)33)28-23(31)18-11-8-12-19(21(18)30)27-13-29/h5-15,17,20,22,30H,4H2,1-3H3,(H,27,29)(H,28,31)/t14-,15+,17-,20+,22+/m1/s1. The van der Waals surface area contributed by atoms with E-state index in [0.717, 1.165) is 0 Å². The van der Waals surface area contributed by atoms with Gasteiger partial charge in [0, 0.05) is 0 Å². The van der Waals surface area contributed by atoms with Gasteiger partial charge in [-0.25, -0.2) is 9.59 Å². The van der Waals surface area contributed by atoms with Gasteiger partial charge in [-0.3, -0.25) is 14.4 Å². The summed E-state index contributed by atoms with van der Waals surface area (Å²) in [7, 11) is 0. The van der Waals surface area contributed by atoms with Crippen molar-refractivity contribution in [1.82, 2.24) is 5.32 Å². The lowest BCUT2D eigenvalue weighted by Gasteiger charge is -2.28. The van der Waals surface area contributed by atoms with Crippen molar-refractivity contribution in [3.8, 4) is 5.75 Å². The molecule has 11 nitrogen and oxygen atoms in total. The van der Waals surface area contributed by atoms with E-state index in [0.29, 0.717) is 6.41 Å². The van der Waals surface area contributed by atoms with Crippen LogP contribution in [0.15, 0.2) is 48.5 Å². The first kappa shape index (κ1) is 27.2. The molecule has 11 heteroatoms. The van der Waals surface area contributed by atoms with Gasteiger partial charge in [0.15, 0.2) is 17.9 Å². The number of nitrogens with one attached hydrogen (secondary N) is 2. The summed E-state index contributed by atoms with van der Waals surface area (Å²) < 4.78 is 16.6. The summed E-state index contributed by atoms with van der Waals surface area (Å²) in [5.41, 5.74) is 0.0163. The molecule has 1 saturated heterocycles. The molecule has 2 amide bonds. The lowest BCUT2D eigenvalue weighted by atomic mass is 9.95. The zero-order valence-corrected chi connectivity index (χ0v) is 20.5. The van der Waals surface area contributed by atoms with E-state index in [2.05, 4.69) is 10.6 Å². The van der Waals surface area contributed by atoms with Crippen LogP contribution in [0.1, 0.15) is 47.9 Å². The first-order valence-electron chi connectivity index (χ1n) is 11.7. The molecule has 0 radical (unpaired) electrons. The molecule has 0 aromatic heterocycles. The maximum Gasteiger partial charge on any atom is 0.338 e. The largest absolute Gasteiger partial charge is 0.505 e. The van der Waals surface area contributed by atoms with E-state index in [1.54, 1.807) is 37.3 Å². The van der Waals surface area contributed by atoms with E-state index >= 15 is 0 Å². The van der Waals surface area contributed by atoms with Gasteiger partial charge in [0.05, 0.1) is 22.7 Å². The van der Waals surface area contributed by atoms with Crippen molar-refractivity contribution in [2.24, 2.45) is 5.92 Å². The Balaban J connectivity index is 1.85. The highest BCUT2D eigenvalue weighted by atomic mass is 16.6. The lowest BCUT2D eigenvalue weighted by Crippen LogP contribution is -2.50. The molecular weight excluding hydrogens is 484 g/mol. The monoisotopic (exact) mass is 512 g/mol. The molecule has 0 unspecified atom stereocenters. The van der Waals surface area contributed by atoms with Crippen molar-refractivity contribution in [2.75, 3.05) is 5.32 Å². The number of benzene rings is 2. The van der Waals surface area contributed by atoms with E-state index in [1.165, 1.54) is 32.0 Å². The number of phenols is 1. The number of carbonyl (C=O) groups is 5. The topological polar surface area (TPSA) is 157 Å². The SMILES string of the molecule is CC[C@H]1C(=O)O[C@H](C)[C@H](NC(=O)c2cccc(NC=O)c2O)C(=O)O[C@@H](C)[C@@H]1OC(=O)c1ccccc1. The van der Waals surface area contributed by atoms with Crippen molar-refractivity contribution >= 4 is 35.9 Å². The number of ether oxygens (including phenoxy) is 3. The molecule has 1 heterocycles. The third-order valence-electron chi connectivity index (χ3n) is 5.96. The Morgan fingerprint density at radius 2 is 1.68 bits per heavy atom. The number of hydrogen-bond acceptors (Lipinski definition) is 9. The number of cyclic esters (lactones) is 2. The van der Waals surface area contributed by atoms with Crippen LogP contribution in [0.4, 0.5) is 5.69 Å². The van der Waals surface area contributed by atoms with Crippen LogP contribution in [-0.4, -0.2) is 59.7 Å². The summed E-state index contributed by atoms with van der Waals surface area (Å²) in [5, 5.41) is 15.0. The summed E-state index contributed by atoms with van der Waals surface area (Å²) in [4.78, 5) is 62.5. The Kier molecular flexibility index (Phi) is 8.83. The number of rotatable bonds is 7. The number of anilines is 1. The third-order valence-corrected chi connectivity index (χ3v) is 5.96. The number of hydrogen-bond donors (Lipinski definition) is 3. The fraction of sp³-hybridized carbons (Fsp3) is 0.346. The minimum absolute atomic E-state index is 0.0124. The number of para-hydroxylation sites is 1. The first-order valence-corrected chi connectivity index (χ1v) is 11.7. The normalized spacial score (nSPS) is 23.8. The molecule has 0 spiro atoms. The smallest absolute Gasteiger partial charge is 0.338 e. The summed E-state index contributed by atoms with van der Waals surface area (Å²) in [6, 6.07) is 10.8. The van der Waals surface area contributed by atoms with Crippen molar-refractivity contribution < 1.29 is 43.3 Å². The molecule has 0 saturated carbocycles. The van der Waals surface area contributed by atoms with Crippen molar-refractivity contribution in [3.63, 3.8) is 0 Å². The number of phenolic OH excluding ortho intramolecular Hbond substituents is 1. The van der Waals surface area contributed by atoms with Gasteiger partial charge in [0.1, 0.15) is 12.2 Å². The molecule has 0 bridgehead atoms. The number of esters is 3. The zero-order valence-electron chi connectivity index (χ0n) is 20.5. The molecule has 5 atom stereocenters. The molecule has 2 aromatic carbocycles. The fourth-order valence-electron chi connectivity index (χ4n) is 3.96. The second-order valence-corrected chi connectivity index (χ2v) is 8.45. The highest BCUT2D eigenvalue weighted by Crippen LogP contribution is 2.28.